The van der Waals surface area contributed by atoms with Crippen molar-refractivity contribution in [3.05, 3.63) is 38.2 Å². The lowest BCUT2D eigenvalue weighted by Gasteiger charge is -2.34. The fourth-order valence-electron chi connectivity index (χ4n) is 2.97. The molecule has 3 heterocycles. The minimum Gasteiger partial charge on any atom is -0.345 e. The summed E-state index contributed by atoms with van der Waals surface area (Å²) in [5.74, 6) is -0.198. The maximum absolute atomic E-state index is 12.9. The van der Waals surface area contributed by atoms with Crippen molar-refractivity contribution in [3.8, 4) is 0 Å². The van der Waals surface area contributed by atoms with Gasteiger partial charge in [-0.2, -0.15) is 5.10 Å². The Morgan fingerprint density at radius 2 is 1.92 bits per heavy atom. The van der Waals surface area contributed by atoms with E-state index < -0.39 is 0 Å². The Labute approximate surface area is 150 Å². The van der Waals surface area contributed by atoms with Crippen LogP contribution in [0.2, 0.25) is 0 Å². The molecule has 2 aromatic rings. The lowest BCUT2D eigenvalue weighted by Crippen LogP contribution is -2.50. The maximum Gasteiger partial charge on any atom is 0.279 e. The molecule has 3 rings (SSSR count). The molecule has 1 aliphatic heterocycles. The van der Waals surface area contributed by atoms with Gasteiger partial charge in [-0.25, -0.2) is 9.67 Å². The van der Waals surface area contributed by atoms with Crippen molar-refractivity contribution in [3.63, 3.8) is 0 Å². The summed E-state index contributed by atoms with van der Waals surface area (Å²) < 4.78 is 1.24. The molecule has 0 bridgehead atoms. The van der Waals surface area contributed by atoms with E-state index in [2.05, 4.69) is 21.9 Å². The largest absolute Gasteiger partial charge is 0.345 e. The van der Waals surface area contributed by atoms with E-state index in [-0.39, 0.29) is 17.0 Å². The van der Waals surface area contributed by atoms with Crippen LogP contribution in [0.3, 0.4) is 0 Å². The molecule has 0 N–H and O–H groups in total. The number of hydrogen-bond donors (Lipinski definition) is 0. The second-order valence-corrected chi connectivity index (χ2v) is 7.35. The van der Waals surface area contributed by atoms with Crippen LogP contribution in [0.4, 0.5) is 5.13 Å². The number of carbonyl (C=O) groups is 1. The average molecular weight is 361 g/mol. The zero-order valence-corrected chi connectivity index (χ0v) is 15.9. The molecule has 1 saturated heterocycles. The normalized spacial score (nSPS) is 14.9. The van der Waals surface area contributed by atoms with Crippen molar-refractivity contribution in [1.82, 2.24) is 19.7 Å². The third-order valence-electron chi connectivity index (χ3n) is 4.67. The highest BCUT2D eigenvalue weighted by Crippen LogP contribution is 2.24. The number of aromatic nitrogens is 3. The van der Waals surface area contributed by atoms with Crippen LogP contribution in [-0.4, -0.2) is 51.8 Å². The molecule has 1 aliphatic rings. The summed E-state index contributed by atoms with van der Waals surface area (Å²) in [4.78, 5) is 35.0. The van der Waals surface area contributed by atoms with Gasteiger partial charge in [-0.3, -0.25) is 9.59 Å². The first-order valence-corrected chi connectivity index (χ1v) is 9.27. The van der Waals surface area contributed by atoms with E-state index in [1.54, 1.807) is 30.2 Å². The summed E-state index contributed by atoms with van der Waals surface area (Å²) in [6, 6.07) is 0. The smallest absolute Gasteiger partial charge is 0.279 e. The predicted molar refractivity (Wildman–Crippen MR) is 98.6 cm³/mol. The fourth-order valence-corrected chi connectivity index (χ4v) is 3.87. The molecule has 0 spiro atoms. The quantitative estimate of drug-likeness (QED) is 0.826. The van der Waals surface area contributed by atoms with Gasteiger partial charge in [-0.15, -0.1) is 11.3 Å². The van der Waals surface area contributed by atoms with Crippen molar-refractivity contribution in [1.29, 1.82) is 0 Å². The molecule has 1 fully saturated rings. The minimum atomic E-state index is -0.331. The van der Waals surface area contributed by atoms with E-state index in [4.69, 9.17) is 0 Å². The van der Waals surface area contributed by atoms with Crippen LogP contribution >= 0.6 is 11.3 Å². The van der Waals surface area contributed by atoms with Crippen LogP contribution in [0.15, 0.2) is 11.0 Å². The van der Waals surface area contributed by atoms with Gasteiger partial charge < -0.3 is 9.80 Å². The molecular weight excluding hydrogens is 338 g/mol. The van der Waals surface area contributed by atoms with E-state index in [0.29, 0.717) is 24.3 Å². The van der Waals surface area contributed by atoms with Gasteiger partial charge in [0.25, 0.3) is 11.5 Å². The van der Waals surface area contributed by atoms with Gasteiger partial charge in [0.15, 0.2) is 5.13 Å². The van der Waals surface area contributed by atoms with Crippen LogP contribution in [0, 0.1) is 13.8 Å². The minimum absolute atomic E-state index is 0.198. The first-order chi connectivity index (χ1) is 11.9. The molecular formula is C17H23N5O2S. The third-order valence-corrected chi connectivity index (χ3v) is 5.87. The second-order valence-electron chi connectivity index (χ2n) is 6.26. The molecule has 134 valence electrons. The van der Waals surface area contributed by atoms with Crippen molar-refractivity contribution in [2.45, 2.75) is 27.2 Å². The monoisotopic (exact) mass is 361 g/mol. The van der Waals surface area contributed by atoms with Crippen LogP contribution in [-0.2, 0) is 13.5 Å². The van der Waals surface area contributed by atoms with Gasteiger partial charge in [0.05, 0.1) is 5.69 Å². The zero-order chi connectivity index (χ0) is 18.1. The summed E-state index contributed by atoms with van der Waals surface area (Å²) in [5, 5.41) is 5.15. The number of amides is 1. The second kappa shape index (κ2) is 6.95. The number of carbonyl (C=O) groups excluding carboxylic acids is 1. The molecule has 0 atom stereocenters. The van der Waals surface area contributed by atoms with Crippen molar-refractivity contribution in [2.75, 3.05) is 31.1 Å². The first kappa shape index (κ1) is 17.6. The molecule has 2 aromatic heterocycles. The Morgan fingerprint density at radius 1 is 1.24 bits per heavy atom. The Hall–Kier alpha value is -2.22. The Bertz CT molecular complexity index is 849. The number of rotatable bonds is 3. The van der Waals surface area contributed by atoms with Gasteiger partial charge in [0, 0.05) is 44.3 Å². The molecule has 0 radical (unpaired) electrons. The van der Waals surface area contributed by atoms with Gasteiger partial charge in [0.2, 0.25) is 0 Å². The number of aryl methyl sites for hydroxylation is 3. The number of hydrogen-bond acceptors (Lipinski definition) is 6. The molecule has 7 nitrogen and oxygen atoms in total. The van der Waals surface area contributed by atoms with E-state index in [0.717, 1.165) is 24.6 Å². The molecule has 25 heavy (non-hydrogen) atoms. The zero-order valence-electron chi connectivity index (χ0n) is 15.1. The Kier molecular flexibility index (Phi) is 4.89. The molecule has 1 amide bonds. The highest BCUT2D eigenvalue weighted by molar-refractivity contribution is 7.15. The van der Waals surface area contributed by atoms with Crippen molar-refractivity contribution >= 4 is 22.4 Å². The number of nitrogens with zero attached hydrogens (tertiary/aromatic N) is 5. The van der Waals surface area contributed by atoms with E-state index in [1.807, 2.05) is 13.1 Å². The van der Waals surface area contributed by atoms with Crippen molar-refractivity contribution < 1.29 is 4.79 Å². The summed E-state index contributed by atoms with van der Waals surface area (Å²) in [6.07, 6.45) is 2.91. The van der Waals surface area contributed by atoms with E-state index in [9.17, 15) is 9.59 Å². The third kappa shape index (κ3) is 3.30. The summed E-state index contributed by atoms with van der Waals surface area (Å²) in [6.45, 7) is 8.35. The SMILES string of the molecule is CCc1cnc(N2CCN(C(=O)c3c(C)c(C)nn(C)c3=O)CC2)s1. The van der Waals surface area contributed by atoms with Crippen LogP contribution in [0.5, 0.6) is 0 Å². The van der Waals surface area contributed by atoms with E-state index in [1.165, 1.54) is 9.56 Å². The standard InChI is InChI=1S/C17H23N5O2S/c1-5-13-10-18-17(25-13)22-8-6-21(7-9-22)16(24)14-11(2)12(3)19-20(4)15(14)23/h10H,5-9H2,1-4H3. The van der Waals surface area contributed by atoms with Crippen LogP contribution < -0.4 is 10.5 Å². The fraction of sp³-hybridized carbons (Fsp3) is 0.529. The molecule has 0 aliphatic carbocycles. The average Bonchev–Trinajstić information content (AvgIpc) is 3.09. The molecule has 0 saturated carbocycles. The maximum atomic E-state index is 12.9. The number of thiazole rings is 1. The summed E-state index contributed by atoms with van der Waals surface area (Å²) in [7, 11) is 1.58. The topological polar surface area (TPSA) is 71.3 Å². The lowest BCUT2D eigenvalue weighted by molar-refractivity contribution is 0.0743. The summed E-state index contributed by atoms with van der Waals surface area (Å²) in [5.41, 5.74) is 1.29. The molecule has 0 unspecified atom stereocenters. The summed E-state index contributed by atoms with van der Waals surface area (Å²) >= 11 is 1.70. The van der Waals surface area contributed by atoms with Crippen LogP contribution in [0.25, 0.3) is 0 Å². The Morgan fingerprint density at radius 3 is 2.52 bits per heavy atom. The van der Waals surface area contributed by atoms with Gasteiger partial charge in [0.1, 0.15) is 5.56 Å². The number of anilines is 1. The van der Waals surface area contributed by atoms with E-state index >= 15 is 0 Å². The van der Waals surface area contributed by atoms with Crippen molar-refractivity contribution in [2.24, 2.45) is 7.05 Å². The highest BCUT2D eigenvalue weighted by atomic mass is 32.1. The van der Waals surface area contributed by atoms with Gasteiger partial charge in [-0.05, 0) is 25.8 Å². The predicted octanol–water partition coefficient (Wildman–Crippen LogP) is 1.38. The lowest BCUT2D eigenvalue weighted by atomic mass is 10.1. The van der Waals surface area contributed by atoms with Gasteiger partial charge in [-0.1, -0.05) is 6.92 Å². The Balaban J connectivity index is 1.75. The van der Waals surface area contributed by atoms with Crippen LogP contribution in [0.1, 0.15) is 33.4 Å². The number of piperazine rings is 1. The van der Waals surface area contributed by atoms with Gasteiger partial charge >= 0.3 is 0 Å². The first-order valence-electron chi connectivity index (χ1n) is 8.45. The molecule has 8 heteroatoms. The highest BCUT2D eigenvalue weighted by Gasteiger charge is 2.27. The molecule has 0 aromatic carbocycles.